The number of methoxy groups -OCH3 is 1. The van der Waals surface area contributed by atoms with Gasteiger partial charge in [-0.25, -0.2) is 4.79 Å². The summed E-state index contributed by atoms with van der Waals surface area (Å²) in [5, 5.41) is 21.0. The number of nitrogens with one attached hydrogen (secondary N) is 2. The number of carbonyl (C=O) groups is 1. The summed E-state index contributed by atoms with van der Waals surface area (Å²) in [6.07, 6.45) is 0.249. The number of rotatable bonds is 3. The predicted molar refractivity (Wildman–Crippen MR) is 106 cm³/mol. The highest BCUT2D eigenvalue weighted by Crippen LogP contribution is 2.55. The number of nitrogens with zero attached hydrogens (tertiary/aromatic N) is 1. The number of aromatic amines is 1. The Kier molecular flexibility index (Phi) is 3.67. The number of aromatic nitrogens is 2. The number of para-hydroxylation sites is 1. The fourth-order valence-electron chi connectivity index (χ4n) is 4.04. The molecule has 1 aromatic heterocycles. The number of anilines is 1. The first-order valence-corrected chi connectivity index (χ1v) is 9.53. The Morgan fingerprint density at radius 1 is 1.32 bits per heavy atom. The molecule has 3 aromatic rings. The average molecular weight is 442 g/mol. The Morgan fingerprint density at radius 2 is 2.11 bits per heavy atom. The van der Waals surface area contributed by atoms with E-state index in [0.717, 1.165) is 15.6 Å². The number of halogens is 1. The number of hydrogen-bond acceptors (Lipinski definition) is 5. The van der Waals surface area contributed by atoms with Gasteiger partial charge in [0.2, 0.25) is 5.60 Å². The molecule has 2 aromatic carbocycles. The van der Waals surface area contributed by atoms with Gasteiger partial charge in [-0.1, -0.05) is 40.2 Å². The first kappa shape index (κ1) is 17.1. The van der Waals surface area contributed by atoms with E-state index in [4.69, 9.17) is 9.47 Å². The van der Waals surface area contributed by atoms with Gasteiger partial charge in [0, 0.05) is 22.0 Å². The molecule has 3 heterocycles. The summed E-state index contributed by atoms with van der Waals surface area (Å²) in [5.41, 5.74) is 1.23. The molecule has 0 radical (unpaired) electrons. The van der Waals surface area contributed by atoms with Crippen molar-refractivity contribution in [2.45, 2.75) is 18.1 Å². The summed E-state index contributed by atoms with van der Waals surface area (Å²) in [6, 6.07) is 12.9. The van der Waals surface area contributed by atoms with E-state index < -0.39 is 11.6 Å². The highest BCUT2D eigenvalue weighted by atomic mass is 79.9. The van der Waals surface area contributed by atoms with E-state index in [-0.39, 0.29) is 12.5 Å². The Labute approximate surface area is 168 Å². The molecule has 2 bridgehead atoms. The van der Waals surface area contributed by atoms with Gasteiger partial charge >= 0.3 is 5.97 Å². The van der Waals surface area contributed by atoms with Crippen LogP contribution in [0.25, 0.3) is 11.3 Å². The topological polar surface area (TPSA) is 96.5 Å². The standard InChI is InChI=1S/C20H16BrN3O4/c1-27-14-4-2-3-12-13-9-20(19(25)26,28-17(12)14)15-16(23-24-18(15)22-13)10-5-7-11(21)8-6-10/h2-8,13H,9H2,1H3,(H,25,26)(H2,22,23,24)/t13-,20+/m1/s1. The SMILES string of the molecule is COc1cccc2c1O[C@@]1(C(=O)O)C[C@H]2Nc2n[nH]c(-c3ccc(Br)cc3)c21. The molecule has 3 N–H and O–H groups in total. The number of H-pyrrole nitrogens is 1. The number of aliphatic carboxylic acids is 1. The number of carboxylic acid groups (broad SMARTS) is 1. The average Bonchev–Trinajstić information content (AvgIpc) is 3.12. The molecular weight excluding hydrogens is 426 g/mol. The molecule has 142 valence electrons. The summed E-state index contributed by atoms with van der Waals surface area (Å²) in [4.78, 5) is 12.6. The first-order chi connectivity index (χ1) is 13.5. The first-order valence-electron chi connectivity index (χ1n) is 8.74. The van der Waals surface area contributed by atoms with Crippen LogP contribution in [0.2, 0.25) is 0 Å². The van der Waals surface area contributed by atoms with E-state index in [1.165, 1.54) is 0 Å². The molecule has 0 amide bonds. The minimum Gasteiger partial charge on any atom is -0.493 e. The molecule has 2 aliphatic rings. The monoisotopic (exact) mass is 441 g/mol. The highest BCUT2D eigenvalue weighted by Gasteiger charge is 2.56. The minimum atomic E-state index is -1.57. The van der Waals surface area contributed by atoms with Crippen molar-refractivity contribution >= 4 is 27.7 Å². The number of ether oxygens (including phenoxy) is 2. The third-order valence-electron chi connectivity index (χ3n) is 5.33. The lowest BCUT2D eigenvalue weighted by molar-refractivity contribution is -0.159. The van der Waals surface area contributed by atoms with Crippen LogP contribution >= 0.6 is 15.9 Å². The van der Waals surface area contributed by atoms with Crippen molar-refractivity contribution in [2.24, 2.45) is 0 Å². The summed E-state index contributed by atoms with van der Waals surface area (Å²) in [7, 11) is 1.54. The van der Waals surface area contributed by atoms with Crippen LogP contribution in [-0.4, -0.2) is 28.4 Å². The molecule has 0 aliphatic carbocycles. The molecule has 8 heteroatoms. The van der Waals surface area contributed by atoms with Crippen molar-refractivity contribution in [3.8, 4) is 22.8 Å². The molecule has 28 heavy (non-hydrogen) atoms. The number of carboxylic acids is 1. The van der Waals surface area contributed by atoms with Crippen LogP contribution in [-0.2, 0) is 10.4 Å². The van der Waals surface area contributed by atoms with Crippen LogP contribution in [0.4, 0.5) is 5.82 Å². The maximum atomic E-state index is 12.6. The van der Waals surface area contributed by atoms with Crippen molar-refractivity contribution in [2.75, 3.05) is 12.4 Å². The van der Waals surface area contributed by atoms with Crippen LogP contribution in [0, 0.1) is 0 Å². The van der Waals surface area contributed by atoms with E-state index in [1.807, 2.05) is 36.4 Å². The molecule has 7 nitrogen and oxygen atoms in total. The van der Waals surface area contributed by atoms with Gasteiger partial charge in [-0.2, -0.15) is 5.10 Å². The van der Waals surface area contributed by atoms with Gasteiger partial charge in [-0.3, -0.25) is 5.10 Å². The number of fused-ring (bicyclic) bond motifs is 6. The molecule has 0 spiro atoms. The molecule has 0 unspecified atom stereocenters. The second-order valence-corrected chi connectivity index (χ2v) is 7.76. The van der Waals surface area contributed by atoms with E-state index >= 15 is 0 Å². The lowest BCUT2D eigenvalue weighted by Gasteiger charge is -2.43. The highest BCUT2D eigenvalue weighted by molar-refractivity contribution is 9.10. The zero-order chi connectivity index (χ0) is 19.5. The molecule has 0 fully saturated rings. The van der Waals surface area contributed by atoms with Crippen LogP contribution in [0.3, 0.4) is 0 Å². The van der Waals surface area contributed by atoms with Crippen molar-refractivity contribution in [1.82, 2.24) is 10.2 Å². The zero-order valence-electron chi connectivity index (χ0n) is 14.8. The van der Waals surface area contributed by atoms with Crippen LogP contribution in [0.5, 0.6) is 11.5 Å². The zero-order valence-corrected chi connectivity index (χ0v) is 16.4. The van der Waals surface area contributed by atoms with Crippen molar-refractivity contribution in [3.05, 3.63) is 58.1 Å². The Morgan fingerprint density at radius 3 is 2.82 bits per heavy atom. The van der Waals surface area contributed by atoms with Gasteiger partial charge in [0.05, 0.1) is 24.4 Å². The smallest absolute Gasteiger partial charge is 0.353 e. The number of hydrogen-bond donors (Lipinski definition) is 3. The summed E-state index contributed by atoms with van der Waals surface area (Å²) in [6.45, 7) is 0. The van der Waals surface area contributed by atoms with Gasteiger partial charge in [-0.05, 0) is 18.2 Å². The Balaban J connectivity index is 1.73. The molecule has 0 saturated heterocycles. The van der Waals surface area contributed by atoms with Gasteiger partial charge < -0.3 is 19.9 Å². The molecule has 0 saturated carbocycles. The second-order valence-electron chi connectivity index (χ2n) is 6.84. The van der Waals surface area contributed by atoms with E-state index in [9.17, 15) is 9.90 Å². The lowest BCUT2D eigenvalue weighted by atomic mass is 9.78. The van der Waals surface area contributed by atoms with Crippen LogP contribution in [0.15, 0.2) is 46.9 Å². The van der Waals surface area contributed by atoms with Gasteiger partial charge in [0.25, 0.3) is 0 Å². The maximum Gasteiger partial charge on any atom is 0.353 e. The fourth-order valence-corrected chi connectivity index (χ4v) is 4.30. The predicted octanol–water partition coefficient (Wildman–Crippen LogP) is 4.08. The van der Waals surface area contributed by atoms with Gasteiger partial charge in [0.1, 0.15) is 0 Å². The molecular formula is C20H16BrN3O4. The second kappa shape index (κ2) is 6.00. The van der Waals surface area contributed by atoms with Crippen molar-refractivity contribution < 1.29 is 19.4 Å². The van der Waals surface area contributed by atoms with Gasteiger partial charge in [0.15, 0.2) is 17.3 Å². The van der Waals surface area contributed by atoms with Crippen LogP contribution < -0.4 is 14.8 Å². The van der Waals surface area contributed by atoms with Crippen LogP contribution in [0.1, 0.15) is 23.6 Å². The van der Waals surface area contributed by atoms with E-state index in [1.54, 1.807) is 13.2 Å². The quantitative estimate of drug-likeness (QED) is 0.566. The summed E-state index contributed by atoms with van der Waals surface area (Å²) in [5.74, 6) is 0.387. The third-order valence-corrected chi connectivity index (χ3v) is 5.86. The van der Waals surface area contributed by atoms with Crippen molar-refractivity contribution in [1.29, 1.82) is 0 Å². The Hall–Kier alpha value is -3.00. The maximum absolute atomic E-state index is 12.6. The molecule has 5 rings (SSSR count). The Bertz CT molecular complexity index is 1100. The molecule has 2 atom stereocenters. The normalized spacial score (nSPS) is 21.7. The van der Waals surface area contributed by atoms with E-state index in [2.05, 4.69) is 31.4 Å². The van der Waals surface area contributed by atoms with Crippen molar-refractivity contribution in [3.63, 3.8) is 0 Å². The summed E-state index contributed by atoms with van der Waals surface area (Å²) >= 11 is 3.42. The minimum absolute atomic E-state index is 0.247. The third kappa shape index (κ3) is 2.27. The largest absolute Gasteiger partial charge is 0.493 e. The lowest BCUT2D eigenvalue weighted by Crippen LogP contribution is -2.50. The molecule has 2 aliphatic heterocycles. The number of benzene rings is 2. The van der Waals surface area contributed by atoms with Gasteiger partial charge in [-0.15, -0.1) is 0 Å². The van der Waals surface area contributed by atoms with E-state index in [0.29, 0.717) is 28.6 Å². The fraction of sp³-hybridized carbons (Fsp3) is 0.200. The summed E-state index contributed by atoms with van der Waals surface area (Å²) < 4.78 is 12.6.